The van der Waals surface area contributed by atoms with Crippen molar-refractivity contribution < 1.29 is 0 Å². The lowest BCUT2D eigenvalue weighted by atomic mass is 9.33. The van der Waals surface area contributed by atoms with Gasteiger partial charge in [-0.2, -0.15) is 0 Å². The summed E-state index contributed by atoms with van der Waals surface area (Å²) >= 11 is 0. The molecule has 5 aromatic carbocycles. The maximum Gasteiger partial charge on any atom is 0.252 e. The molecule has 2 heterocycles. The van der Waals surface area contributed by atoms with E-state index < -0.39 is 0 Å². The smallest absolute Gasteiger partial charge is 0.252 e. The van der Waals surface area contributed by atoms with Crippen LogP contribution in [0, 0.1) is 13.8 Å². The van der Waals surface area contributed by atoms with Crippen LogP contribution in [0.3, 0.4) is 0 Å². The third-order valence-electron chi connectivity index (χ3n) is 12.0. The average Bonchev–Trinajstić information content (AvgIpc) is 3.10. The standard InChI is InChI=1S/C51H57BN2/c1-32-13-22-39(23-14-32)53-44-25-20-37(50(7,8)9)30-41(44)52-42-31-38(51(10,11)12)21-26-45(42)54(47-29-34(3)28-46(53)48(47)52)43-24-15-33(2)27-40(43)35-16-18-36(19-17-35)49(4,5)6/h13,15-22,24-31H,14,23H2,1-12H3. The van der Waals surface area contributed by atoms with Crippen LogP contribution in [0.1, 0.15) is 110 Å². The maximum absolute atomic E-state index is 2.62. The fourth-order valence-electron chi connectivity index (χ4n) is 8.79. The first-order valence-electron chi connectivity index (χ1n) is 20.0. The molecule has 0 unspecified atom stereocenters. The molecule has 3 aliphatic rings. The normalized spacial score (nSPS) is 15.4. The van der Waals surface area contributed by atoms with Gasteiger partial charge in [0.2, 0.25) is 0 Å². The van der Waals surface area contributed by atoms with Crippen molar-refractivity contribution in [2.24, 2.45) is 0 Å². The monoisotopic (exact) mass is 708 g/mol. The Morgan fingerprint density at radius 2 is 0.981 bits per heavy atom. The zero-order valence-electron chi connectivity index (χ0n) is 34.7. The van der Waals surface area contributed by atoms with Crippen molar-refractivity contribution >= 4 is 51.5 Å². The summed E-state index contributed by atoms with van der Waals surface area (Å²) in [6.45, 7) is 27.8. The summed E-state index contributed by atoms with van der Waals surface area (Å²) in [4.78, 5) is 5.22. The van der Waals surface area contributed by atoms with Crippen LogP contribution in [0.5, 0.6) is 0 Å². The molecule has 0 bridgehead atoms. The molecule has 0 radical (unpaired) electrons. The molecule has 0 saturated heterocycles. The van der Waals surface area contributed by atoms with Crippen LogP contribution in [0.15, 0.2) is 114 Å². The first-order valence-corrected chi connectivity index (χ1v) is 20.0. The number of fused-ring (bicyclic) bond motifs is 4. The molecule has 3 heteroatoms. The fourth-order valence-corrected chi connectivity index (χ4v) is 8.79. The van der Waals surface area contributed by atoms with Crippen LogP contribution < -0.4 is 26.2 Å². The van der Waals surface area contributed by atoms with Gasteiger partial charge in [0.1, 0.15) is 0 Å². The van der Waals surface area contributed by atoms with Crippen LogP contribution in [0.2, 0.25) is 0 Å². The second-order valence-corrected chi connectivity index (χ2v) is 19.4. The molecule has 274 valence electrons. The first-order chi connectivity index (χ1) is 25.4. The highest BCUT2D eigenvalue weighted by atomic mass is 15.2. The third kappa shape index (κ3) is 6.14. The fraction of sp³-hybridized carbons (Fsp3) is 0.333. The number of anilines is 5. The van der Waals surface area contributed by atoms with Gasteiger partial charge in [-0.3, -0.25) is 0 Å². The lowest BCUT2D eigenvalue weighted by Crippen LogP contribution is -2.62. The van der Waals surface area contributed by atoms with Crippen LogP contribution in [0.4, 0.5) is 28.4 Å². The Kier molecular flexibility index (Phi) is 8.49. The van der Waals surface area contributed by atoms with Crippen molar-refractivity contribution in [1.29, 1.82) is 0 Å². The van der Waals surface area contributed by atoms with Gasteiger partial charge in [0.25, 0.3) is 6.71 Å². The van der Waals surface area contributed by atoms with E-state index in [4.69, 9.17) is 0 Å². The van der Waals surface area contributed by atoms with Gasteiger partial charge >= 0.3 is 0 Å². The average molecular weight is 709 g/mol. The van der Waals surface area contributed by atoms with Crippen LogP contribution in [-0.2, 0) is 16.2 Å². The molecule has 54 heavy (non-hydrogen) atoms. The predicted molar refractivity (Wildman–Crippen MR) is 236 cm³/mol. The molecule has 2 nitrogen and oxygen atoms in total. The molecule has 0 aromatic heterocycles. The molecule has 2 aliphatic heterocycles. The Labute approximate surface area is 325 Å². The Morgan fingerprint density at radius 3 is 1.52 bits per heavy atom. The van der Waals surface area contributed by atoms with Crippen LogP contribution >= 0.6 is 0 Å². The van der Waals surface area contributed by atoms with Gasteiger partial charge in [-0.25, -0.2) is 0 Å². The van der Waals surface area contributed by atoms with Gasteiger partial charge in [0.15, 0.2) is 0 Å². The molecule has 0 amide bonds. The summed E-state index contributed by atoms with van der Waals surface area (Å²) in [7, 11) is 0. The van der Waals surface area contributed by atoms with E-state index in [9.17, 15) is 0 Å². The first kappa shape index (κ1) is 36.2. The largest absolute Gasteiger partial charge is 0.315 e. The minimum Gasteiger partial charge on any atom is -0.315 e. The Hall–Kier alpha value is -4.76. The number of hydrogen-bond acceptors (Lipinski definition) is 2. The van der Waals surface area contributed by atoms with Crippen molar-refractivity contribution in [2.75, 3.05) is 9.80 Å². The Morgan fingerprint density at radius 1 is 0.463 bits per heavy atom. The van der Waals surface area contributed by atoms with Gasteiger partial charge < -0.3 is 9.80 Å². The number of hydrogen-bond donors (Lipinski definition) is 0. The maximum atomic E-state index is 2.62. The number of benzene rings is 5. The minimum absolute atomic E-state index is 0.00789. The van der Waals surface area contributed by atoms with E-state index in [1.165, 1.54) is 95.0 Å². The van der Waals surface area contributed by atoms with E-state index in [-0.39, 0.29) is 23.0 Å². The molecule has 0 atom stereocenters. The van der Waals surface area contributed by atoms with E-state index in [1.54, 1.807) is 0 Å². The summed E-state index contributed by atoms with van der Waals surface area (Å²) in [6, 6.07) is 35.9. The summed E-state index contributed by atoms with van der Waals surface area (Å²) in [5.74, 6) is 0. The summed E-state index contributed by atoms with van der Waals surface area (Å²) in [5, 5.41) is 0. The quantitative estimate of drug-likeness (QED) is 0.169. The predicted octanol–water partition coefficient (Wildman–Crippen LogP) is 12.2. The van der Waals surface area contributed by atoms with Crippen molar-refractivity contribution in [3.8, 4) is 11.1 Å². The minimum atomic E-state index is 0.00789. The second kappa shape index (κ2) is 12.7. The van der Waals surface area contributed by atoms with E-state index in [0.717, 1.165) is 12.8 Å². The molecule has 8 rings (SSSR count). The molecule has 0 spiro atoms. The highest BCUT2D eigenvalue weighted by Gasteiger charge is 2.45. The van der Waals surface area contributed by atoms with Gasteiger partial charge in [0.05, 0.1) is 5.69 Å². The number of aryl methyl sites for hydroxylation is 2. The molecule has 1 aliphatic carbocycles. The van der Waals surface area contributed by atoms with Gasteiger partial charge in [-0.1, -0.05) is 134 Å². The summed E-state index contributed by atoms with van der Waals surface area (Å²) in [5.41, 5.74) is 22.7. The van der Waals surface area contributed by atoms with Crippen molar-refractivity contribution in [2.45, 2.75) is 112 Å². The van der Waals surface area contributed by atoms with Gasteiger partial charge in [0, 0.05) is 34.0 Å². The van der Waals surface area contributed by atoms with Crippen LogP contribution in [-0.4, -0.2) is 6.71 Å². The number of nitrogens with zero attached hydrogens (tertiary/aromatic N) is 2. The lowest BCUT2D eigenvalue weighted by Gasteiger charge is -2.46. The van der Waals surface area contributed by atoms with E-state index in [0.29, 0.717) is 0 Å². The van der Waals surface area contributed by atoms with E-state index >= 15 is 0 Å². The Bertz CT molecular complexity index is 2370. The van der Waals surface area contributed by atoms with E-state index in [1.807, 2.05) is 0 Å². The highest BCUT2D eigenvalue weighted by Crippen LogP contribution is 2.47. The van der Waals surface area contributed by atoms with Crippen molar-refractivity contribution in [1.82, 2.24) is 0 Å². The molecular formula is C51H57BN2. The Balaban J connectivity index is 1.46. The van der Waals surface area contributed by atoms with Gasteiger partial charge in [-0.15, -0.1) is 0 Å². The number of allylic oxidation sites excluding steroid dienone is 4. The SMILES string of the molecule is CC1=CC=C(N2c3ccc(C(C)(C)C)cc3B3c4cc(C(C)(C)C)ccc4N(c4ccc(C)cc4-c4ccc(C(C)(C)C)cc4)c4cc(C)cc2c43)CC1. The molecule has 5 aromatic rings. The van der Waals surface area contributed by atoms with Crippen molar-refractivity contribution in [3.05, 3.63) is 142 Å². The zero-order valence-corrected chi connectivity index (χ0v) is 34.7. The van der Waals surface area contributed by atoms with Crippen LogP contribution in [0.25, 0.3) is 11.1 Å². The summed E-state index contributed by atoms with van der Waals surface area (Å²) in [6.07, 6.45) is 6.81. The molecular weight excluding hydrogens is 651 g/mol. The summed E-state index contributed by atoms with van der Waals surface area (Å²) < 4.78 is 0. The lowest BCUT2D eigenvalue weighted by molar-refractivity contribution is 0.590. The van der Waals surface area contributed by atoms with Gasteiger partial charge in [-0.05, 0) is 137 Å². The number of rotatable bonds is 3. The third-order valence-corrected chi connectivity index (χ3v) is 12.0. The highest BCUT2D eigenvalue weighted by molar-refractivity contribution is 7.00. The zero-order chi connectivity index (χ0) is 38.5. The molecule has 0 saturated carbocycles. The molecule has 0 fully saturated rings. The second-order valence-electron chi connectivity index (χ2n) is 19.4. The van der Waals surface area contributed by atoms with Crippen molar-refractivity contribution in [3.63, 3.8) is 0 Å². The molecule has 0 N–H and O–H groups in total. The van der Waals surface area contributed by atoms with E-state index in [2.05, 4.69) is 196 Å². The topological polar surface area (TPSA) is 6.48 Å².